The van der Waals surface area contributed by atoms with Gasteiger partial charge in [-0.1, -0.05) is 0 Å². The van der Waals surface area contributed by atoms with E-state index in [2.05, 4.69) is 9.97 Å². The zero-order valence-electron chi connectivity index (χ0n) is 8.44. The highest BCUT2D eigenvalue weighted by Crippen LogP contribution is 1.99. The van der Waals surface area contributed by atoms with Gasteiger partial charge in [0, 0.05) is 13.6 Å². The monoisotopic (exact) mass is 212 g/mol. The molecule has 3 N–H and O–H groups in total. The zero-order chi connectivity index (χ0) is 10.3. The smallest absolute Gasteiger partial charge is 0.332 e. The van der Waals surface area contributed by atoms with Crippen LogP contribution in [0.4, 0.5) is 0 Å². The van der Waals surface area contributed by atoms with Crippen LogP contribution < -0.4 is 11.2 Å². The van der Waals surface area contributed by atoms with Crippen molar-refractivity contribution in [1.29, 1.82) is 0 Å². The Balaban J connectivity index is 0.00000112. The summed E-state index contributed by atoms with van der Waals surface area (Å²) in [4.78, 5) is 29.8. The first kappa shape index (κ1) is 11.2. The summed E-state index contributed by atoms with van der Waals surface area (Å²) in [6, 6.07) is 0. The molecule has 2 aromatic rings. The van der Waals surface area contributed by atoms with Crippen LogP contribution in [0.3, 0.4) is 0 Å². The lowest BCUT2D eigenvalue weighted by Gasteiger charge is -2.04. The van der Waals surface area contributed by atoms with Gasteiger partial charge in [0.2, 0.25) is 0 Å². The minimum atomic E-state index is -0.341. The molecule has 15 heavy (non-hydrogen) atoms. The van der Waals surface area contributed by atoms with E-state index < -0.39 is 0 Å². The average molecular weight is 212 g/mol. The van der Waals surface area contributed by atoms with Gasteiger partial charge in [-0.15, -0.1) is 0 Å². The number of aromatic nitrogens is 4. The molecule has 0 radical (unpaired) electrons. The molecular formula is C8H12N4O3. The zero-order valence-corrected chi connectivity index (χ0v) is 8.44. The molecule has 0 saturated heterocycles. The summed E-state index contributed by atoms with van der Waals surface area (Å²) in [6.07, 6.45) is 1.41. The van der Waals surface area contributed by atoms with Crippen LogP contribution in [0.5, 0.6) is 0 Å². The topological polar surface area (TPSA) is 104 Å². The molecule has 0 fully saturated rings. The van der Waals surface area contributed by atoms with Crippen LogP contribution in [-0.2, 0) is 13.6 Å². The fourth-order valence-electron chi connectivity index (χ4n) is 1.46. The molecule has 2 heterocycles. The summed E-state index contributed by atoms with van der Waals surface area (Å²) < 4.78 is 2.53. The van der Waals surface area contributed by atoms with Crippen LogP contribution in [0.2, 0.25) is 0 Å². The fourth-order valence-corrected chi connectivity index (χ4v) is 1.46. The van der Waals surface area contributed by atoms with E-state index in [1.807, 2.05) is 6.92 Å². The number of nitrogens with one attached hydrogen (secondary N) is 1. The SMILES string of the molecule is CCn1c(=O)n(C)c(=O)c2[nH]cnc21.O. The van der Waals surface area contributed by atoms with Gasteiger partial charge in [-0.2, -0.15) is 0 Å². The van der Waals surface area contributed by atoms with Gasteiger partial charge in [-0.3, -0.25) is 13.9 Å². The lowest BCUT2D eigenvalue weighted by molar-refractivity contribution is 0.652. The molecule has 7 nitrogen and oxygen atoms in total. The Morgan fingerprint density at radius 3 is 2.73 bits per heavy atom. The standard InChI is InChI=1S/C8H10N4O2.H2O/c1-3-12-6-5(9-4-10-6)7(13)11(2)8(12)14;/h4H,3H2,1-2H3,(H,9,10);1H2. The number of nitrogens with zero attached hydrogens (tertiary/aromatic N) is 3. The van der Waals surface area contributed by atoms with Gasteiger partial charge in [0.25, 0.3) is 5.56 Å². The molecule has 2 rings (SSSR count). The molecule has 0 unspecified atom stereocenters. The predicted octanol–water partition coefficient (Wildman–Crippen LogP) is -1.38. The van der Waals surface area contributed by atoms with Crippen LogP contribution in [-0.4, -0.2) is 24.6 Å². The van der Waals surface area contributed by atoms with E-state index in [0.717, 1.165) is 4.57 Å². The maximum absolute atomic E-state index is 11.6. The molecular weight excluding hydrogens is 200 g/mol. The average Bonchev–Trinajstić information content (AvgIpc) is 2.64. The van der Waals surface area contributed by atoms with Gasteiger partial charge in [0.1, 0.15) is 5.52 Å². The molecule has 7 heteroatoms. The highest BCUT2D eigenvalue weighted by atomic mass is 16.2. The molecule has 0 aliphatic carbocycles. The number of rotatable bonds is 1. The Morgan fingerprint density at radius 2 is 2.13 bits per heavy atom. The molecule has 0 spiro atoms. The van der Waals surface area contributed by atoms with Crippen molar-refractivity contribution in [3.05, 3.63) is 27.2 Å². The number of hydrogen-bond donors (Lipinski definition) is 1. The van der Waals surface area contributed by atoms with Crippen LogP contribution in [0.15, 0.2) is 15.9 Å². The fraction of sp³-hybridized carbons (Fsp3) is 0.375. The minimum absolute atomic E-state index is 0. The molecule has 0 aliphatic rings. The Bertz CT molecular complexity index is 592. The third-order valence-corrected chi connectivity index (χ3v) is 2.23. The molecule has 2 aromatic heterocycles. The van der Waals surface area contributed by atoms with Crippen molar-refractivity contribution in [3.63, 3.8) is 0 Å². The Morgan fingerprint density at radius 1 is 1.47 bits per heavy atom. The first-order chi connectivity index (χ1) is 6.66. The third kappa shape index (κ3) is 1.37. The van der Waals surface area contributed by atoms with Crippen molar-refractivity contribution in [1.82, 2.24) is 19.1 Å². The quantitative estimate of drug-likeness (QED) is 0.629. The van der Waals surface area contributed by atoms with E-state index in [-0.39, 0.29) is 16.7 Å². The molecule has 0 atom stereocenters. The van der Waals surface area contributed by atoms with E-state index >= 15 is 0 Å². The van der Waals surface area contributed by atoms with Gasteiger partial charge in [0.05, 0.1) is 6.33 Å². The molecule has 82 valence electrons. The molecule has 0 aliphatic heterocycles. The molecule has 0 aromatic carbocycles. The van der Waals surface area contributed by atoms with E-state index in [4.69, 9.17) is 0 Å². The van der Waals surface area contributed by atoms with Gasteiger partial charge in [-0.25, -0.2) is 9.78 Å². The van der Waals surface area contributed by atoms with Crippen LogP contribution in [0.1, 0.15) is 6.92 Å². The molecule has 0 bridgehead atoms. The highest BCUT2D eigenvalue weighted by molar-refractivity contribution is 5.68. The van der Waals surface area contributed by atoms with Crippen molar-refractivity contribution in [2.75, 3.05) is 0 Å². The lowest BCUT2D eigenvalue weighted by Crippen LogP contribution is -2.37. The van der Waals surface area contributed by atoms with E-state index in [0.29, 0.717) is 17.7 Å². The van der Waals surface area contributed by atoms with Gasteiger partial charge in [0.15, 0.2) is 5.65 Å². The van der Waals surface area contributed by atoms with Crippen molar-refractivity contribution < 1.29 is 5.48 Å². The highest BCUT2D eigenvalue weighted by Gasteiger charge is 2.10. The van der Waals surface area contributed by atoms with E-state index in [9.17, 15) is 9.59 Å². The summed E-state index contributed by atoms with van der Waals surface area (Å²) in [5.41, 5.74) is 0.110. The van der Waals surface area contributed by atoms with Crippen molar-refractivity contribution >= 4 is 11.2 Å². The largest absolute Gasteiger partial charge is 0.412 e. The number of aryl methyl sites for hydroxylation is 1. The summed E-state index contributed by atoms with van der Waals surface area (Å²) in [5.74, 6) is 0. The van der Waals surface area contributed by atoms with Crippen molar-refractivity contribution in [2.24, 2.45) is 7.05 Å². The minimum Gasteiger partial charge on any atom is -0.412 e. The van der Waals surface area contributed by atoms with Crippen LogP contribution in [0, 0.1) is 0 Å². The normalized spacial score (nSPS) is 10.3. The Labute approximate surface area is 84.3 Å². The number of aromatic amines is 1. The molecule has 0 saturated carbocycles. The van der Waals surface area contributed by atoms with E-state index in [1.54, 1.807) is 0 Å². The van der Waals surface area contributed by atoms with Gasteiger partial charge < -0.3 is 10.5 Å². The van der Waals surface area contributed by atoms with Gasteiger partial charge in [-0.05, 0) is 6.92 Å². The third-order valence-electron chi connectivity index (χ3n) is 2.23. The maximum Gasteiger partial charge on any atom is 0.332 e. The van der Waals surface area contributed by atoms with Crippen molar-refractivity contribution in [2.45, 2.75) is 13.5 Å². The lowest BCUT2D eigenvalue weighted by atomic mass is 10.5. The summed E-state index contributed by atoms with van der Waals surface area (Å²) >= 11 is 0. The van der Waals surface area contributed by atoms with Crippen LogP contribution in [0.25, 0.3) is 11.2 Å². The first-order valence-electron chi connectivity index (χ1n) is 4.29. The van der Waals surface area contributed by atoms with Gasteiger partial charge >= 0.3 is 5.69 Å². The molecule has 0 amide bonds. The summed E-state index contributed by atoms with van der Waals surface area (Å²) in [6.45, 7) is 2.33. The van der Waals surface area contributed by atoms with Crippen molar-refractivity contribution in [3.8, 4) is 0 Å². The second kappa shape index (κ2) is 3.70. The maximum atomic E-state index is 11.6. The summed E-state index contributed by atoms with van der Waals surface area (Å²) in [7, 11) is 1.46. The number of H-pyrrole nitrogens is 1. The Hall–Kier alpha value is -1.89. The number of fused-ring (bicyclic) bond motifs is 1. The second-order valence-electron chi connectivity index (χ2n) is 2.99. The first-order valence-corrected chi connectivity index (χ1v) is 4.29. The van der Waals surface area contributed by atoms with E-state index in [1.165, 1.54) is 17.9 Å². The predicted molar refractivity (Wildman–Crippen MR) is 54.9 cm³/mol. The number of imidazole rings is 1. The number of hydrogen-bond acceptors (Lipinski definition) is 3. The summed E-state index contributed by atoms with van der Waals surface area (Å²) in [5, 5.41) is 0. The van der Waals surface area contributed by atoms with Crippen LogP contribution >= 0.6 is 0 Å². The Kier molecular flexibility index (Phi) is 2.76. The second-order valence-corrected chi connectivity index (χ2v) is 2.99.